The third-order valence-corrected chi connectivity index (χ3v) is 5.28. The van der Waals surface area contributed by atoms with Gasteiger partial charge in [-0.2, -0.15) is 5.26 Å². The van der Waals surface area contributed by atoms with Crippen LogP contribution >= 0.6 is 11.6 Å². The lowest BCUT2D eigenvalue weighted by atomic mass is 9.98. The highest BCUT2D eigenvalue weighted by atomic mass is 35.5. The number of nitriles is 1. The van der Waals surface area contributed by atoms with E-state index in [0.717, 1.165) is 30.6 Å². The molecule has 1 aliphatic rings. The second-order valence-corrected chi connectivity index (χ2v) is 8.47. The average molecular weight is 380 g/mol. The van der Waals surface area contributed by atoms with Crippen molar-refractivity contribution in [3.63, 3.8) is 0 Å². The lowest BCUT2D eigenvalue weighted by Gasteiger charge is -2.34. The molecule has 0 spiro atoms. The molecular weight excluding hydrogens is 362 g/mol. The maximum atomic E-state index is 11.3. The third-order valence-electron chi connectivity index (χ3n) is 4.28. The Morgan fingerprint density at radius 1 is 1.44 bits per heavy atom. The molecule has 0 radical (unpaired) electrons. The molecule has 1 aromatic carbocycles. The number of aromatic nitrogens is 2. The van der Waals surface area contributed by atoms with Crippen molar-refractivity contribution in [1.29, 1.82) is 5.26 Å². The van der Waals surface area contributed by atoms with Crippen molar-refractivity contribution in [2.45, 2.75) is 12.8 Å². The Hall–Kier alpha value is -1.95. The van der Waals surface area contributed by atoms with Crippen molar-refractivity contribution in [3.8, 4) is 6.07 Å². The number of fused-ring (bicyclic) bond motifs is 1. The molecule has 9 heteroatoms. The van der Waals surface area contributed by atoms with Crippen LogP contribution in [0.5, 0.6) is 0 Å². The number of anilines is 1. The first-order chi connectivity index (χ1) is 11.9. The Morgan fingerprint density at radius 3 is 2.96 bits per heavy atom. The van der Waals surface area contributed by atoms with E-state index in [-0.39, 0.29) is 5.92 Å². The normalized spacial score (nSPS) is 18.3. The molecule has 2 heterocycles. The quantitative estimate of drug-likeness (QED) is 0.871. The van der Waals surface area contributed by atoms with E-state index in [4.69, 9.17) is 11.6 Å². The van der Waals surface area contributed by atoms with Gasteiger partial charge in [-0.15, -0.1) is 0 Å². The van der Waals surface area contributed by atoms with Crippen LogP contribution < -0.4 is 9.62 Å². The SMILES string of the molecule is CS(=O)(=O)NCC1CCCN(c2ncnc3cc(Cl)c(C#N)cc23)C1. The molecule has 1 aromatic heterocycles. The molecule has 25 heavy (non-hydrogen) atoms. The number of benzene rings is 1. The summed E-state index contributed by atoms with van der Waals surface area (Å²) in [6, 6.07) is 5.47. The first kappa shape index (κ1) is 17.9. The van der Waals surface area contributed by atoms with Crippen molar-refractivity contribution in [3.05, 3.63) is 29.0 Å². The van der Waals surface area contributed by atoms with Crippen LogP contribution in [0.15, 0.2) is 18.5 Å². The minimum Gasteiger partial charge on any atom is -0.356 e. The van der Waals surface area contributed by atoms with Gasteiger partial charge in [0.05, 0.1) is 22.4 Å². The van der Waals surface area contributed by atoms with Gasteiger partial charge in [-0.05, 0) is 30.9 Å². The lowest BCUT2D eigenvalue weighted by molar-refractivity contribution is 0.410. The first-order valence-electron chi connectivity index (χ1n) is 7.91. The van der Waals surface area contributed by atoms with E-state index in [9.17, 15) is 13.7 Å². The van der Waals surface area contributed by atoms with E-state index >= 15 is 0 Å². The van der Waals surface area contributed by atoms with Crippen LogP contribution in [-0.4, -0.2) is 44.3 Å². The van der Waals surface area contributed by atoms with Crippen LogP contribution in [0.2, 0.25) is 5.02 Å². The molecule has 0 aliphatic carbocycles. The van der Waals surface area contributed by atoms with E-state index in [2.05, 4.69) is 25.7 Å². The van der Waals surface area contributed by atoms with Crippen LogP contribution in [0.4, 0.5) is 5.82 Å². The maximum absolute atomic E-state index is 11.3. The summed E-state index contributed by atoms with van der Waals surface area (Å²) in [5.41, 5.74) is 1.07. The molecule has 0 amide bonds. The number of nitrogens with zero attached hydrogens (tertiary/aromatic N) is 4. The van der Waals surface area contributed by atoms with E-state index in [1.807, 2.05) is 0 Å². The van der Waals surface area contributed by atoms with Crippen molar-refractivity contribution in [2.24, 2.45) is 5.92 Å². The van der Waals surface area contributed by atoms with Crippen LogP contribution in [0.3, 0.4) is 0 Å². The molecule has 1 saturated heterocycles. The van der Waals surface area contributed by atoms with Crippen molar-refractivity contribution in [1.82, 2.24) is 14.7 Å². The zero-order chi connectivity index (χ0) is 18.0. The van der Waals surface area contributed by atoms with Crippen LogP contribution in [-0.2, 0) is 10.0 Å². The highest BCUT2D eigenvalue weighted by Gasteiger charge is 2.23. The van der Waals surface area contributed by atoms with Crippen molar-refractivity contribution >= 4 is 38.3 Å². The minimum atomic E-state index is -3.20. The highest BCUT2D eigenvalue weighted by molar-refractivity contribution is 7.88. The molecule has 3 rings (SSSR count). The fourth-order valence-electron chi connectivity index (χ4n) is 3.09. The standard InChI is InChI=1S/C16H18ClN5O2S/c1-25(23,24)21-8-11-3-2-4-22(9-11)16-13-5-12(7-18)14(17)6-15(13)19-10-20-16/h5-6,10-11,21H,2-4,8-9H2,1H3. The maximum Gasteiger partial charge on any atom is 0.208 e. The molecule has 2 aromatic rings. The number of halogens is 1. The molecular formula is C16H18ClN5O2S. The summed E-state index contributed by atoms with van der Waals surface area (Å²) in [5.74, 6) is 0.957. The fraction of sp³-hybridized carbons (Fsp3) is 0.438. The van der Waals surface area contributed by atoms with E-state index in [1.54, 1.807) is 12.1 Å². The van der Waals surface area contributed by atoms with Crippen molar-refractivity contribution < 1.29 is 8.42 Å². The van der Waals surface area contributed by atoms with E-state index in [1.165, 1.54) is 12.6 Å². The number of rotatable bonds is 4. The van der Waals surface area contributed by atoms with Gasteiger partial charge in [-0.1, -0.05) is 11.6 Å². The number of sulfonamides is 1. The monoisotopic (exact) mass is 379 g/mol. The van der Waals surface area contributed by atoms with Gasteiger partial charge in [0.25, 0.3) is 0 Å². The molecule has 0 bridgehead atoms. The van der Waals surface area contributed by atoms with Crippen LogP contribution in [0, 0.1) is 17.2 Å². The Kier molecular flexibility index (Phi) is 5.08. The number of hydrogen-bond donors (Lipinski definition) is 1. The Labute approximate surface area is 151 Å². The predicted octanol–water partition coefficient (Wildman–Crippen LogP) is 1.92. The molecule has 1 atom stereocenters. The number of nitrogens with one attached hydrogen (secondary N) is 1. The van der Waals surface area contributed by atoms with Gasteiger partial charge in [0, 0.05) is 25.0 Å². The summed E-state index contributed by atoms with van der Waals surface area (Å²) in [4.78, 5) is 10.8. The van der Waals surface area contributed by atoms with Gasteiger partial charge in [-0.25, -0.2) is 23.1 Å². The second-order valence-electron chi connectivity index (χ2n) is 6.23. The average Bonchev–Trinajstić information content (AvgIpc) is 2.58. The van der Waals surface area contributed by atoms with E-state index < -0.39 is 10.0 Å². The molecule has 0 saturated carbocycles. The van der Waals surface area contributed by atoms with Gasteiger partial charge in [0.15, 0.2) is 0 Å². The van der Waals surface area contributed by atoms with Crippen LogP contribution in [0.1, 0.15) is 18.4 Å². The van der Waals surface area contributed by atoms with Gasteiger partial charge in [-0.3, -0.25) is 0 Å². The molecule has 132 valence electrons. The summed E-state index contributed by atoms with van der Waals surface area (Å²) in [7, 11) is -3.20. The molecule has 1 fully saturated rings. The number of hydrogen-bond acceptors (Lipinski definition) is 6. The van der Waals surface area contributed by atoms with Gasteiger partial charge >= 0.3 is 0 Å². The topological polar surface area (TPSA) is 99.0 Å². The summed E-state index contributed by atoms with van der Waals surface area (Å²) in [5, 5.41) is 10.4. The summed E-state index contributed by atoms with van der Waals surface area (Å²) >= 11 is 6.09. The largest absolute Gasteiger partial charge is 0.356 e. The fourth-order valence-corrected chi connectivity index (χ4v) is 3.83. The number of piperidine rings is 1. The zero-order valence-electron chi connectivity index (χ0n) is 13.7. The Balaban J connectivity index is 1.89. The van der Waals surface area contributed by atoms with Crippen molar-refractivity contribution in [2.75, 3.05) is 30.8 Å². The first-order valence-corrected chi connectivity index (χ1v) is 10.2. The van der Waals surface area contributed by atoms with Gasteiger partial charge < -0.3 is 4.90 Å². The third kappa shape index (κ3) is 4.18. The summed E-state index contributed by atoms with van der Waals surface area (Å²) in [6.07, 6.45) is 4.55. The van der Waals surface area contributed by atoms with E-state index in [0.29, 0.717) is 29.2 Å². The molecule has 1 aliphatic heterocycles. The molecule has 7 nitrogen and oxygen atoms in total. The Morgan fingerprint density at radius 2 is 2.24 bits per heavy atom. The highest BCUT2D eigenvalue weighted by Crippen LogP contribution is 2.30. The molecule has 1 N–H and O–H groups in total. The smallest absolute Gasteiger partial charge is 0.208 e. The second kappa shape index (κ2) is 7.12. The van der Waals surface area contributed by atoms with Crippen LogP contribution in [0.25, 0.3) is 10.9 Å². The zero-order valence-corrected chi connectivity index (χ0v) is 15.3. The summed E-state index contributed by atoms with van der Waals surface area (Å²) in [6.45, 7) is 1.93. The summed E-state index contributed by atoms with van der Waals surface area (Å²) < 4.78 is 25.2. The predicted molar refractivity (Wildman–Crippen MR) is 97.0 cm³/mol. The molecule has 1 unspecified atom stereocenters. The minimum absolute atomic E-state index is 0.205. The lowest BCUT2D eigenvalue weighted by Crippen LogP contribution is -2.41. The Bertz CT molecular complexity index is 941. The van der Waals surface area contributed by atoms with Gasteiger partial charge in [0.1, 0.15) is 18.2 Å². The van der Waals surface area contributed by atoms with Gasteiger partial charge in [0.2, 0.25) is 10.0 Å².